The van der Waals surface area contributed by atoms with Crippen LogP contribution < -0.4 is 0 Å². The maximum absolute atomic E-state index is 14.8. The SMILES string of the molecule is CCCCCc1ccc2cc(C3CCC(CC)CC3)c(F)c(F)c2c1. The summed E-state index contributed by atoms with van der Waals surface area (Å²) in [4.78, 5) is 0. The van der Waals surface area contributed by atoms with Crippen LogP contribution in [0.5, 0.6) is 0 Å². The van der Waals surface area contributed by atoms with E-state index in [1.807, 2.05) is 18.2 Å². The highest BCUT2D eigenvalue weighted by molar-refractivity contribution is 5.85. The zero-order chi connectivity index (χ0) is 17.8. The van der Waals surface area contributed by atoms with E-state index in [9.17, 15) is 8.78 Å². The summed E-state index contributed by atoms with van der Waals surface area (Å²) in [5.41, 5.74) is 1.70. The molecule has 1 fully saturated rings. The van der Waals surface area contributed by atoms with Crippen molar-refractivity contribution in [1.29, 1.82) is 0 Å². The summed E-state index contributed by atoms with van der Waals surface area (Å²) in [7, 11) is 0. The van der Waals surface area contributed by atoms with E-state index in [2.05, 4.69) is 19.9 Å². The van der Waals surface area contributed by atoms with Crippen LogP contribution in [0.2, 0.25) is 0 Å². The molecule has 0 bridgehead atoms. The van der Waals surface area contributed by atoms with E-state index in [0.29, 0.717) is 10.9 Å². The molecule has 2 aromatic carbocycles. The number of unbranched alkanes of at least 4 members (excludes halogenated alkanes) is 2. The molecule has 0 N–H and O–H groups in total. The molecule has 0 aliphatic heterocycles. The van der Waals surface area contributed by atoms with Gasteiger partial charge in [-0.3, -0.25) is 0 Å². The normalized spacial score (nSPS) is 21.0. The predicted octanol–water partition coefficient (Wildman–Crippen LogP) is 7.53. The summed E-state index contributed by atoms with van der Waals surface area (Å²) in [5, 5.41) is 1.28. The van der Waals surface area contributed by atoms with E-state index >= 15 is 0 Å². The topological polar surface area (TPSA) is 0 Å². The average Bonchev–Trinajstić information content (AvgIpc) is 2.65. The van der Waals surface area contributed by atoms with Crippen molar-refractivity contribution in [3.8, 4) is 0 Å². The molecular weight excluding hydrogens is 314 g/mol. The molecule has 0 atom stereocenters. The van der Waals surface area contributed by atoms with E-state index in [4.69, 9.17) is 0 Å². The van der Waals surface area contributed by atoms with Crippen molar-refractivity contribution in [2.24, 2.45) is 5.92 Å². The van der Waals surface area contributed by atoms with Gasteiger partial charge < -0.3 is 0 Å². The third-order valence-electron chi connectivity index (χ3n) is 6.04. The average molecular weight is 344 g/mol. The lowest BCUT2D eigenvalue weighted by Crippen LogP contribution is -2.14. The molecule has 136 valence electrons. The molecule has 2 aromatic rings. The Hall–Kier alpha value is -1.44. The van der Waals surface area contributed by atoms with Crippen LogP contribution in [0, 0.1) is 17.6 Å². The molecule has 3 rings (SSSR count). The van der Waals surface area contributed by atoms with Crippen LogP contribution in [0.15, 0.2) is 24.3 Å². The van der Waals surface area contributed by atoms with Crippen molar-refractivity contribution in [3.05, 3.63) is 47.0 Å². The first-order valence-electron chi connectivity index (χ1n) is 10.0. The van der Waals surface area contributed by atoms with Gasteiger partial charge in [0.15, 0.2) is 11.6 Å². The number of rotatable bonds is 6. The molecule has 2 heteroatoms. The van der Waals surface area contributed by atoms with E-state index in [0.717, 1.165) is 55.4 Å². The smallest absolute Gasteiger partial charge is 0.166 e. The van der Waals surface area contributed by atoms with Crippen LogP contribution in [0.1, 0.15) is 82.3 Å². The molecule has 0 spiro atoms. The van der Waals surface area contributed by atoms with Crippen molar-refractivity contribution in [2.45, 2.75) is 77.6 Å². The molecule has 25 heavy (non-hydrogen) atoms. The minimum absolute atomic E-state index is 0.172. The molecule has 0 heterocycles. The number of hydrogen-bond acceptors (Lipinski definition) is 0. The number of hydrogen-bond donors (Lipinski definition) is 0. The Morgan fingerprint density at radius 1 is 0.920 bits per heavy atom. The summed E-state index contributed by atoms with van der Waals surface area (Å²) in [5.74, 6) is -0.332. The van der Waals surface area contributed by atoms with Crippen LogP contribution in [0.25, 0.3) is 10.8 Å². The summed E-state index contributed by atoms with van der Waals surface area (Å²) in [6, 6.07) is 7.80. The van der Waals surface area contributed by atoms with Gasteiger partial charge in [0, 0.05) is 5.39 Å². The summed E-state index contributed by atoms with van der Waals surface area (Å²) in [6.45, 7) is 4.39. The molecule has 0 amide bonds. The lowest BCUT2D eigenvalue weighted by molar-refractivity contribution is 0.313. The Kier molecular flexibility index (Phi) is 6.09. The first kappa shape index (κ1) is 18.4. The monoisotopic (exact) mass is 344 g/mol. The van der Waals surface area contributed by atoms with Crippen molar-refractivity contribution in [1.82, 2.24) is 0 Å². The Labute approximate surface area is 150 Å². The summed E-state index contributed by atoms with van der Waals surface area (Å²) < 4.78 is 29.5. The maximum atomic E-state index is 14.8. The van der Waals surface area contributed by atoms with Crippen LogP contribution in [0.3, 0.4) is 0 Å². The van der Waals surface area contributed by atoms with Gasteiger partial charge in [0.2, 0.25) is 0 Å². The second-order valence-corrected chi connectivity index (χ2v) is 7.73. The fraction of sp³-hybridized carbons (Fsp3) is 0.565. The van der Waals surface area contributed by atoms with Gasteiger partial charge in [-0.2, -0.15) is 0 Å². The van der Waals surface area contributed by atoms with Crippen LogP contribution in [-0.2, 0) is 6.42 Å². The van der Waals surface area contributed by atoms with E-state index in [1.54, 1.807) is 0 Å². The third-order valence-corrected chi connectivity index (χ3v) is 6.04. The van der Waals surface area contributed by atoms with Gasteiger partial charge in [-0.15, -0.1) is 0 Å². The number of benzene rings is 2. The van der Waals surface area contributed by atoms with Gasteiger partial charge in [0.1, 0.15) is 0 Å². The van der Waals surface area contributed by atoms with Crippen molar-refractivity contribution >= 4 is 10.8 Å². The second-order valence-electron chi connectivity index (χ2n) is 7.73. The first-order chi connectivity index (χ1) is 12.1. The van der Waals surface area contributed by atoms with Crippen molar-refractivity contribution in [3.63, 3.8) is 0 Å². The second kappa shape index (κ2) is 8.29. The Morgan fingerprint density at radius 2 is 1.68 bits per heavy atom. The molecule has 1 aliphatic carbocycles. The largest absolute Gasteiger partial charge is 0.203 e. The lowest BCUT2D eigenvalue weighted by Gasteiger charge is -2.28. The van der Waals surface area contributed by atoms with Crippen LogP contribution >= 0.6 is 0 Å². The quantitative estimate of drug-likeness (QED) is 0.475. The fourth-order valence-corrected chi connectivity index (χ4v) is 4.31. The Balaban J connectivity index is 1.87. The molecule has 0 saturated heterocycles. The predicted molar refractivity (Wildman–Crippen MR) is 102 cm³/mol. The van der Waals surface area contributed by atoms with Gasteiger partial charge in [-0.1, -0.05) is 45.2 Å². The highest BCUT2D eigenvalue weighted by atomic mass is 19.2. The van der Waals surface area contributed by atoms with Gasteiger partial charge >= 0.3 is 0 Å². The Bertz CT molecular complexity index is 712. The molecular formula is C23H30F2. The van der Waals surface area contributed by atoms with E-state index in [-0.39, 0.29) is 5.92 Å². The number of aryl methyl sites for hydroxylation is 1. The maximum Gasteiger partial charge on any atom is 0.166 e. The highest BCUT2D eigenvalue weighted by Crippen LogP contribution is 2.40. The molecule has 0 radical (unpaired) electrons. The van der Waals surface area contributed by atoms with Gasteiger partial charge in [0.25, 0.3) is 0 Å². The standard InChI is InChI=1S/C23H30F2/c1-3-5-6-7-17-10-13-19-15-21(23(25)22(24)20(19)14-17)18-11-8-16(4-2)9-12-18/h10,13-16,18H,3-9,11-12H2,1-2H3. The zero-order valence-electron chi connectivity index (χ0n) is 15.6. The summed E-state index contributed by atoms with van der Waals surface area (Å²) in [6.07, 6.45) is 9.81. The van der Waals surface area contributed by atoms with Crippen molar-refractivity contribution in [2.75, 3.05) is 0 Å². The summed E-state index contributed by atoms with van der Waals surface area (Å²) >= 11 is 0. The van der Waals surface area contributed by atoms with Gasteiger partial charge in [-0.25, -0.2) is 8.78 Å². The van der Waals surface area contributed by atoms with Crippen molar-refractivity contribution < 1.29 is 8.78 Å². The molecule has 0 unspecified atom stereocenters. The number of fused-ring (bicyclic) bond motifs is 1. The molecule has 1 saturated carbocycles. The Morgan fingerprint density at radius 3 is 2.36 bits per heavy atom. The first-order valence-corrected chi connectivity index (χ1v) is 10.0. The van der Waals surface area contributed by atoms with Crippen LogP contribution in [0.4, 0.5) is 8.78 Å². The van der Waals surface area contributed by atoms with E-state index in [1.165, 1.54) is 19.3 Å². The fourth-order valence-electron chi connectivity index (χ4n) is 4.31. The lowest BCUT2D eigenvalue weighted by atomic mass is 9.77. The highest BCUT2D eigenvalue weighted by Gasteiger charge is 2.25. The molecule has 0 nitrogen and oxygen atoms in total. The van der Waals surface area contributed by atoms with Gasteiger partial charge in [0.05, 0.1) is 0 Å². The zero-order valence-corrected chi connectivity index (χ0v) is 15.6. The van der Waals surface area contributed by atoms with Crippen LogP contribution in [-0.4, -0.2) is 0 Å². The molecule has 0 aromatic heterocycles. The van der Waals surface area contributed by atoms with E-state index < -0.39 is 11.6 Å². The molecule has 1 aliphatic rings. The third kappa shape index (κ3) is 4.04. The minimum atomic E-state index is -0.651. The number of halogens is 2. The minimum Gasteiger partial charge on any atom is -0.203 e. The van der Waals surface area contributed by atoms with Gasteiger partial charge in [-0.05, 0) is 79.0 Å².